The fraction of sp³-hybridized carbons (Fsp3) is 1.00. The van der Waals surface area contributed by atoms with E-state index < -0.39 is 10.2 Å². The summed E-state index contributed by atoms with van der Waals surface area (Å²) in [6, 6.07) is 0.452. The van der Waals surface area contributed by atoms with Gasteiger partial charge in [-0.15, -0.1) is 0 Å². The molecule has 2 aliphatic rings. The molecule has 20 heavy (non-hydrogen) atoms. The Balaban J connectivity index is 1.97. The first-order valence-electron chi connectivity index (χ1n) is 7.93. The van der Waals surface area contributed by atoms with Crippen LogP contribution in [0.4, 0.5) is 0 Å². The van der Waals surface area contributed by atoms with Crippen LogP contribution >= 0.6 is 0 Å². The van der Waals surface area contributed by atoms with Crippen LogP contribution < -0.4 is 5.32 Å². The zero-order valence-electron chi connectivity index (χ0n) is 13.0. The van der Waals surface area contributed by atoms with Crippen LogP contribution in [0.25, 0.3) is 0 Å². The van der Waals surface area contributed by atoms with E-state index in [9.17, 15) is 8.42 Å². The number of hydrogen-bond acceptors (Lipinski definition) is 3. The van der Waals surface area contributed by atoms with Gasteiger partial charge in [0.2, 0.25) is 0 Å². The molecule has 0 aromatic heterocycles. The lowest BCUT2D eigenvalue weighted by Gasteiger charge is -2.40. The van der Waals surface area contributed by atoms with E-state index in [1.54, 1.807) is 8.61 Å². The van der Waals surface area contributed by atoms with E-state index in [2.05, 4.69) is 26.1 Å². The van der Waals surface area contributed by atoms with Gasteiger partial charge in [0.1, 0.15) is 0 Å². The predicted molar refractivity (Wildman–Crippen MR) is 81.7 cm³/mol. The maximum atomic E-state index is 12.7. The Bertz CT molecular complexity index is 405. The SMILES string of the molecule is CCNC1CCN(S(=O)(=O)N2CCC(C)CC2)CC1C. The molecule has 0 bridgehead atoms. The van der Waals surface area contributed by atoms with Crippen LogP contribution in [0.2, 0.25) is 0 Å². The molecule has 5 nitrogen and oxygen atoms in total. The standard InChI is InChI=1S/C14H29N3O2S/c1-4-15-14-7-10-17(11-13(14)3)20(18,19)16-8-5-12(2)6-9-16/h12-15H,4-11H2,1-3H3. The molecule has 2 heterocycles. The summed E-state index contributed by atoms with van der Waals surface area (Å²) in [6.07, 6.45) is 2.89. The molecule has 2 saturated heterocycles. The zero-order chi connectivity index (χ0) is 14.8. The van der Waals surface area contributed by atoms with Gasteiger partial charge in [-0.1, -0.05) is 20.8 Å². The lowest BCUT2D eigenvalue weighted by atomic mass is 9.95. The lowest BCUT2D eigenvalue weighted by Crippen LogP contribution is -2.54. The first-order chi connectivity index (χ1) is 9.45. The maximum absolute atomic E-state index is 12.7. The normalized spacial score (nSPS) is 31.6. The van der Waals surface area contributed by atoms with Crippen molar-refractivity contribution in [2.45, 2.75) is 46.1 Å². The smallest absolute Gasteiger partial charge is 0.281 e. The fourth-order valence-corrected chi connectivity index (χ4v) is 5.02. The summed E-state index contributed by atoms with van der Waals surface area (Å²) in [4.78, 5) is 0. The van der Waals surface area contributed by atoms with Crippen molar-refractivity contribution in [2.24, 2.45) is 11.8 Å². The maximum Gasteiger partial charge on any atom is 0.281 e. The van der Waals surface area contributed by atoms with Gasteiger partial charge in [-0.05, 0) is 37.6 Å². The van der Waals surface area contributed by atoms with Crippen LogP contribution in [0.3, 0.4) is 0 Å². The Labute approximate surface area is 123 Å². The van der Waals surface area contributed by atoms with E-state index in [4.69, 9.17) is 0 Å². The van der Waals surface area contributed by atoms with Gasteiger partial charge in [-0.3, -0.25) is 0 Å². The second-order valence-electron chi connectivity index (χ2n) is 6.38. The molecule has 2 rings (SSSR count). The Morgan fingerprint density at radius 1 is 1.05 bits per heavy atom. The largest absolute Gasteiger partial charge is 0.314 e. The third kappa shape index (κ3) is 3.53. The first kappa shape index (κ1) is 16.2. The lowest BCUT2D eigenvalue weighted by molar-refractivity contribution is 0.200. The number of nitrogens with one attached hydrogen (secondary N) is 1. The highest BCUT2D eigenvalue weighted by atomic mass is 32.2. The predicted octanol–water partition coefficient (Wildman–Crippen LogP) is 1.28. The third-order valence-corrected chi connectivity index (χ3v) is 6.73. The topological polar surface area (TPSA) is 52.7 Å². The van der Waals surface area contributed by atoms with E-state index >= 15 is 0 Å². The zero-order valence-corrected chi connectivity index (χ0v) is 13.8. The van der Waals surface area contributed by atoms with Crippen molar-refractivity contribution in [3.63, 3.8) is 0 Å². The molecule has 0 radical (unpaired) electrons. The van der Waals surface area contributed by atoms with Crippen LogP contribution in [0.5, 0.6) is 0 Å². The third-order valence-electron chi connectivity index (χ3n) is 4.73. The van der Waals surface area contributed by atoms with Crippen LogP contribution in [-0.4, -0.2) is 55.8 Å². The van der Waals surface area contributed by atoms with Crippen molar-refractivity contribution in [3.8, 4) is 0 Å². The van der Waals surface area contributed by atoms with E-state index in [-0.39, 0.29) is 0 Å². The molecule has 2 aliphatic heterocycles. The molecular formula is C14H29N3O2S. The van der Waals surface area contributed by atoms with Crippen LogP contribution in [-0.2, 0) is 10.2 Å². The fourth-order valence-electron chi connectivity index (χ4n) is 3.26. The average Bonchev–Trinajstić information content (AvgIpc) is 2.41. The van der Waals surface area contributed by atoms with Gasteiger partial charge in [0.05, 0.1) is 0 Å². The van der Waals surface area contributed by atoms with E-state index in [0.717, 1.165) is 25.8 Å². The van der Waals surface area contributed by atoms with Crippen molar-refractivity contribution in [2.75, 3.05) is 32.7 Å². The van der Waals surface area contributed by atoms with E-state index in [0.29, 0.717) is 44.1 Å². The number of rotatable bonds is 4. The Hall–Kier alpha value is -0.170. The second kappa shape index (κ2) is 6.73. The van der Waals surface area contributed by atoms with E-state index in [1.807, 2.05) is 0 Å². The van der Waals surface area contributed by atoms with Crippen molar-refractivity contribution < 1.29 is 8.42 Å². The second-order valence-corrected chi connectivity index (χ2v) is 8.31. The number of nitrogens with zero attached hydrogens (tertiary/aromatic N) is 2. The molecule has 0 aromatic rings. The number of piperidine rings is 2. The molecule has 0 saturated carbocycles. The van der Waals surface area contributed by atoms with Gasteiger partial charge in [-0.2, -0.15) is 17.0 Å². The molecule has 2 atom stereocenters. The highest BCUT2D eigenvalue weighted by Crippen LogP contribution is 2.25. The van der Waals surface area contributed by atoms with Crippen molar-refractivity contribution in [3.05, 3.63) is 0 Å². The quantitative estimate of drug-likeness (QED) is 0.851. The van der Waals surface area contributed by atoms with Crippen molar-refractivity contribution in [1.82, 2.24) is 13.9 Å². The molecule has 1 N–H and O–H groups in total. The monoisotopic (exact) mass is 303 g/mol. The minimum absolute atomic E-state index is 0.377. The van der Waals surface area contributed by atoms with Crippen molar-refractivity contribution in [1.29, 1.82) is 0 Å². The van der Waals surface area contributed by atoms with Gasteiger partial charge in [0.15, 0.2) is 0 Å². The van der Waals surface area contributed by atoms with Crippen LogP contribution in [0.15, 0.2) is 0 Å². The summed E-state index contributed by atoms with van der Waals surface area (Å²) in [7, 11) is -3.24. The van der Waals surface area contributed by atoms with Crippen LogP contribution in [0.1, 0.15) is 40.0 Å². The highest BCUT2D eigenvalue weighted by Gasteiger charge is 2.36. The molecule has 118 valence electrons. The molecule has 0 aromatic carbocycles. The van der Waals surface area contributed by atoms with Gasteiger partial charge in [0.25, 0.3) is 10.2 Å². The molecule has 0 spiro atoms. The number of hydrogen-bond donors (Lipinski definition) is 1. The van der Waals surface area contributed by atoms with Gasteiger partial charge < -0.3 is 5.32 Å². The minimum Gasteiger partial charge on any atom is -0.314 e. The summed E-state index contributed by atoms with van der Waals surface area (Å²) in [5.41, 5.74) is 0. The molecule has 0 amide bonds. The van der Waals surface area contributed by atoms with Crippen molar-refractivity contribution >= 4 is 10.2 Å². The van der Waals surface area contributed by atoms with Gasteiger partial charge in [0, 0.05) is 32.2 Å². The summed E-state index contributed by atoms with van der Waals surface area (Å²) in [5.74, 6) is 1.03. The average molecular weight is 303 g/mol. The first-order valence-corrected chi connectivity index (χ1v) is 9.33. The molecular weight excluding hydrogens is 274 g/mol. The highest BCUT2D eigenvalue weighted by molar-refractivity contribution is 7.86. The Morgan fingerprint density at radius 2 is 1.65 bits per heavy atom. The minimum atomic E-state index is -3.24. The van der Waals surface area contributed by atoms with Gasteiger partial charge >= 0.3 is 0 Å². The molecule has 0 aliphatic carbocycles. The van der Waals surface area contributed by atoms with Gasteiger partial charge in [-0.25, -0.2) is 0 Å². The summed E-state index contributed by atoms with van der Waals surface area (Å²) in [6.45, 7) is 10.1. The van der Waals surface area contributed by atoms with E-state index in [1.165, 1.54) is 0 Å². The molecule has 6 heteroatoms. The summed E-state index contributed by atoms with van der Waals surface area (Å²) >= 11 is 0. The van der Waals surface area contributed by atoms with Crippen LogP contribution in [0, 0.1) is 11.8 Å². The Morgan fingerprint density at radius 3 is 2.20 bits per heavy atom. The molecule has 2 fully saturated rings. The summed E-state index contributed by atoms with van der Waals surface area (Å²) in [5, 5.41) is 3.46. The summed E-state index contributed by atoms with van der Waals surface area (Å²) < 4.78 is 28.8. The molecule has 2 unspecified atom stereocenters. The Kier molecular flexibility index (Phi) is 5.45.